The minimum absolute atomic E-state index is 0.0375. The van der Waals surface area contributed by atoms with E-state index in [0.717, 1.165) is 13.0 Å². The molecule has 0 saturated carbocycles. The van der Waals surface area contributed by atoms with Crippen molar-refractivity contribution in [2.24, 2.45) is 0 Å². The van der Waals surface area contributed by atoms with E-state index in [2.05, 4.69) is 10.6 Å². The highest BCUT2D eigenvalue weighted by atomic mass is 16.2. The van der Waals surface area contributed by atoms with Crippen molar-refractivity contribution in [3.63, 3.8) is 0 Å². The molecule has 5 heteroatoms. The quantitative estimate of drug-likeness (QED) is 0.607. The third-order valence-electron chi connectivity index (χ3n) is 2.36. The Hall–Kier alpha value is -1.10. The molecule has 5 nitrogen and oxygen atoms in total. The maximum atomic E-state index is 11.6. The third kappa shape index (κ3) is 2.45. The van der Waals surface area contributed by atoms with Gasteiger partial charge in [0.2, 0.25) is 11.8 Å². The Bertz CT molecular complexity index is 230. The minimum atomic E-state index is -0.115. The van der Waals surface area contributed by atoms with Gasteiger partial charge in [0.1, 0.15) is 0 Å². The highest BCUT2D eigenvalue weighted by Crippen LogP contribution is 2.10. The van der Waals surface area contributed by atoms with Gasteiger partial charge in [-0.3, -0.25) is 9.59 Å². The maximum absolute atomic E-state index is 11.6. The van der Waals surface area contributed by atoms with Gasteiger partial charge in [-0.25, -0.2) is 0 Å². The summed E-state index contributed by atoms with van der Waals surface area (Å²) in [4.78, 5) is 24.3. The fourth-order valence-electron chi connectivity index (χ4n) is 1.58. The molecule has 1 heterocycles. The number of amides is 2. The van der Waals surface area contributed by atoms with E-state index in [0.29, 0.717) is 6.54 Å². The molecule has 0 aromatic carbocycles. The molecule has 14 heavy (non-hydrogen) atoms. The lowest BCUT2D eigenvalue weighted by atomic mass is 10.2. The summed E-state index contributed by atoms with van der Waals surface area (Å²) >= 11 is 0. The minimum Gasteiger partial charge on any atom is -0.358 e. The SMILES string of the molecule is CCNC1CCN(CC(=O)NC)C1=O. The molecule has 0 aliphatic carbocycles. The third-order valence-corrected chi connectivity index (χ3v) is 2.36. The lowest BCUT2D eigenvalue weighted by Gasteiger charge is -2.15. The van der Waals surface area contributed by atoms with Crippen LogP contribution in [0.15, 0.2) is 0 Å². The number of hydrogen-bond acceptors (Lipinski definition) is 3. The predicted molar refractivity (Wildman–Crippen MR) is 52.7 cm³/mol. The first kappa shape index (κ1) is 11.0. The lowest BCUT2D eigenvalue weighted by molar-refractivity contribution is -0.134. The van der Waals surface area contributed by atoms with Crippen molar-refractivity contribution in [3.05, 3.63) is 0 Å². The number of nitrogens with one attached hydrogen (secondary N) is 2. The van der Waals surface area contributed by atoms with E-state index in [4.69, 9.17) is 0 Å². The van der Waals surface area contributed by atoms with E-state index in [1.54, 1.807) is 11.9 Å². The van der Waals surface area contributed by atoms with Crippen molar-refractivity contribution in [1.82, 2.24) is 15.5 Å². The topological polar surface area (TPSA) is 61.4 Å². The van der Waals surface area contributed by atoms with Gasteiger partial charge < -0.3 is 15.5 Å². The Kier molecular flexibility index (Phi) is 3.88. The van der Waals surface area contributed by atoms with Gasteiger partial charge >= 0.3 is 0 Å². The molecule has 1 unspecified atom stereocenters. The van der Waals surface area contributed by atoms with Gasteiger partial charge in [0.25, 0.3) is 0 Å². The highest BCUT2D eigenvalue weighted by Gasteiger charge is 2.31. The molecule has 1 aliphatic heterocycles. The molecular formula is C9H17N3O2. The van der Waals surface area contributed by atoms with E-state index >= 15 is 0 Å². The standard InChI is InChI=1S/C9H17N3O2/c1-3-11-7-4-5-12(9(7)14)6-8(13)10-2/h7,11H,3-6H2,1-2H3,(H,10,13). The van der Waals surface area contributed by atoms with Crippen LogP contribution in [0.3, 0.4) is 0 Å². The van der Waals surface area contributed by atoms with Crippen LogP contribution in [0.1, 0.15) is 13.3 Å². The fraction of sp³-hybridized carbons (Fsp3) is 0.778. The zero-order valence-corrected chi connectivity index (χ0v) is 8.67. The van der Waals surface area contributed by atoms with E-state index < -0.39 is 0 Å². The summed E-state index contributed by atoms with van der Waals surface area (Å²) in [5.41, 5.74) is 0. The lowest BCUT2D eigenvalue weighted by Crippen LogP contribution is -2.41. The molecule has 0 spiro atoms. The summed E-state index contributed by atoms with van der Waals surface area (Å²) < 4.78 is 0. The summed E-state index contributed by atoms with van der Waals surface area (Å²) in [6, 6.07) is -0.0929. The van der Waals surface area contributed by atoms with Crippen molar-refractivity contribution in [3.8, 4) is 0 Å². The number of nitrogens with zero attached hydrogens (tertiary/aromatic N) is 1. The molecule has 2 amide bonds. The molecular weight excluding hydrogens is 182 g/mol. The molecule has 0 aromatic heterocycles. The molecule has 0 radical (unpaired) electrons. The van der Waals surface area contributed by atoms with Crippen molar-refractivity contribution in [2.45, 2.75) is 19.4 Å². The molecule has 2 N–H and O–H groups in total. The van der Waals surface area contributed by atoms with Gasteiger partial charge in [-0.2, -0.15) is 0 Å². The second-order valence-electron chi connectivity index (χ2n) is 3.33. The second-order valence-corrected chi connectivity index (χ2v) is 3.33. The summed E-state index contributed by atoms with van der Waals surface area (Å²) in [6.07, 6.45) is 0.795. The molecule has 0 bridgehead atoms. The number of likely N-dealkylation sites (tertiary alicyclic amines) is 1. The first-order valence-corrected chi connectivity index (χ1v) is 4.91. The Morgan fingerprint density at radius 1 is 1.64 bits per heavy atom. The largest absolute Gasteiger partial charge is 0.358 e. The van der Waals surface area contributed by atoms with Crippen LogP contribution in [0.4, 0.5) is 0 Å². The number of rotatable bonds is 4. The number of carbonyl (C=O) groups is 2. The first-order valence-electron chi connectivity index (χ1n) is 4.91. The smallest absolute Gasteiger partial charge is 0.240 e. The summed E-state index contributed by atoms with van der Waals surface area (Å²) in [6.45, 7) is 3.60. The van der Waals surface area contributed by atoms with Crippen LogP contribution in [-0.2, 0) is 9.59 Å². The van der Waals surface area contributed by atoms with Gasteiger partial charge in [0.15, 0.2) is 0 Å². The van der Waals surface area contributed by atoms with Gasteiger partial charge in [-0.15, -0.1) is 0 Å². The average Bonchev–Trinajstić information content (AvgIpc) is 2.50. The van der Waals surface area contributed by atoms with Crippen LogP contribution < -0.4 is 10.6 Å². The van der Waals surface area contributed by atoms with Crippen molar-refractivity contribution in [2.75, 3.05) is 26.7 Å². The Morgan fingerprint density at radius 2 is 2.36 bits per heavy atom. The van der Waals surface area contributed by atoms with Crippen molar-refractivity contribution in [1.29, 1.82) is 0 Å². The average molecular weight is 199 g/mol. The van der Waals surface area contributed by atoms with Crippen LogP contribution in [-0.4, -0.2) is 49.4 Å². The van der Waals surface area contributed by atoms with Crippen LogP contribution in [0.25, 0.3) is 0 Å². The van der Waals surface area contributed by atoms with Gasteiger partial charge in [-0.05, 0) is 13.0 Å². The normalized spacial score (nSPS) is 21.4. The Balaban J connectivity index is 2.43. The number of likely N-dealkylation sites (N-methyl/N-ethyl adjacent to an activating group) is 2. The summed E-state index contributed by atoms with van der Waals surface area (Å²) in [5, 5.41) is 5.60. The maximum Gasteiger partial charge on any atom is 0.240 e. The van der Waals surface area contributed by atoms with Crippen LogP contribution in [0.5, 0.6) is 0 Å². The molecule has 1 aliphatic rings. The summed E-state index contributed by atoms with van der Waals surface area (Å²) in [5.74, 6) is -0.0778. The zero-order chi connectivity index (χ0) is 10.6. The number of hydrogen-bond donors (Lipinski definition) is 2. The predicted octanol–water partition coefficient (Wildman–Crippen LogP) is -1.06. The first-order chi connectivity index (χ1) is 6.69. The van der Waals surface area contributed by atoms with Crippen LogP contribution in [0, 0.1) is 0 Å². The van der Waals surface area contributed by atoms with E-state index in [-0.39, 0.29) is 24.4 Å². The van der Waals surface area contributed by atoms with Gasteiger partial charge in [0, 0.05) is 13.6 Å². The molecule has 1 fully saturated rings. The molecule has 1 rings (SSSR count). The van der Waals surface area contributed by atoms with Gasteiger partial charge in [0.05, 0.1) is 12.6 Å². The van der Waals surface area contributed by atoms with E-state index in [9.17, 15) is 9.59 Å². The summed E-state index contributed by atoms with van der Waals surface area (Å²) in [7, 11) is 1.57. The Morgan fingerprint density at radius 3 is 2.93 bits per heavy atom. The van der Waals surface area contributed by atoms with E-state index in [1.807, 2.05) is 6.92 Å². The zero-order valence-electron chi connectivity index (χ0n) is 8.67. The van der Waals surface area contributed by atoms with E-state index in [1.165, 1.54) is 0 Å². The van der Waals surface area contributed by atoms with Crippen molar-refractivity contribution >= 4 is 11.8 Å². The number of carbonyl (C=O) groups excluding carboxylic acids is 2. The fourth-order valence-corrected chi connectivity index (χ4v) is 1.58. The molecule has 1 saturated heterocycles. The molecule has 80 valence electrons. The second kappa shape index (κ2) is 4.95. The monoisotopic (exact) mass is 199 g/mol. The van der Waals surface area contributed by atoms with Crippen LogP contribution in [0.2, 0.25) is 0 Å². The Labute approximate surface area is 83.8 Å². The highest BCUT2D eigenvalue weighted by molar-refractivity contribution is 5.88. The van der Waals surface area contributed by atoms with Crippen molar-refractivity contribution < 1.29 is 9.59 Å². The van der Waals surface area contributed by atoms with Gasteiger partial charge in [-0.1, -0.05) is 6.92 Å². The molecule has 0 aromatic rings. The van der Waals surface area contributed by atoms with Crippen LogP contribution >= 0.6 is 0 Å². The molecule has 1 atom stereocenters.